The highest BCUT2D eigenvalue weighted by molar-refractivity contribution is 5.92. The zero-order valence-corrected chi connectivity index (χ0v) is 11.3. The predicted octanol–water partition coefficient (Wildman–Crippen LogP) is 3.63. The Kier molecular flexibility index (Phi) is 3.38. The number of hydrogen-bond donors (Lipinski definition) is 1. The predicted molar refractivity (Wildman–Crippen MR) is 77.1 cm³/mol. The van der Waals surface area contributed by atoms with Crippen LogP contribution in [0.2, 0.25) is 0 Å². The van der Waals surface area contributed by atoms with E-state index in [9.17, 15) is 4.79 Å². The normalized spacial score (nSPS) is 12.2. The van der Waals surface area contributed by atoms with Crippen LogP contribution < -0.4 is 0 Å². The molecule has 0 aliphatic heterocycles. The lowest BCUT2D eigenvalue weighted by molar-refractivity contribution is -0.131. The summed E-state index contributed by atoms with van der Waals surface area (Å²) in [5.41, 5.74) is 2.66. The van der Waals surface area contributed by atoms with Crippen LogP contribution >= 0.6 is 0 Å². The molecule has 1 N–H and O–H groups in total. The van der Waals surface area contributed by atoms with Gasteiger partial charge in [0.25, 0.3) is 0 Å². The second-order valence-electron chi connectivity index (χ2n) is 5.54. The quantitative estimate of drug-likeness (QED) is 0.834. The fraction of sp³-hybridized carbons (Fsp3) is 0.250. The van der Waals surface area contributed by atoms with Crippen molar-refractivity contribution in [3.05, 3.63) is 47.7 Å². The molecule has 1 aromatic heterocycles. The molecule has 0 bridgehead atoms. The topological polar surface area (TPSA) is 50.2 Å². The fourth-order valence-electron chi connectivity index (χ4n) is 1.89. The molecule has 0 radical (unpaired) electrons. The zero-order valence-electron chi connectivity index (χ0n) is 11.3. The molecule has 2 aromatic rings. The number of rotatable bonds is 2. The summed E-state index contributed by atoms with van der Waals surface area (Å²) in [6.45, 7) is 6.28. The van der Waals surface area contributed by atoms with Crippen LogP contribution in [0.15, 0.2) is 36.4 Å². The molecule has 0 spiro atoms. The van der Waals surface area contributed by atoms with Crippen molar-refractivity contribution in [3.8, 4) is 0 Å². The fourth-order valence-corrected chi connectivity index (χ4v) is 1.89. The SMILES string of the molecule is CC(C)(C)c1cc(/C=C/C(=O)O)c2ccccc2n1. The van der Waals surface area contributed by atoms with Crippen LogP contribution in [0.5, 0.6) is 0 Å². The van der Waals surface area contributed by atoms with Gasteiger partial charge in [0.2, 0.25) is 0 Å². The number of nitrogens with zero attached hydrogens (tertiary/aromatic N) is 1. The molecule has 0 aliphatic rings. The minimum absolute atomic E-state index is 0.0736. The van der Waals surface area contributed by atoms with Crippen molar-refractivity contribution >= 4 is 22.9 Å². The van der Waals surface area contributed by atoms with Crippen molar-refractivity contribution in [1.82, 2.24) is 4.98 Å². The summed E-state index contributed by atoms with van der Waals surface area (Å²) in [4.78, 5) is 15.3. The van der Waals surface area contributed by atoms with E-state index < -0.39 is 5.97 Å². The molecular formula is C16H17NO2. The summed E-state index contributed by atoms with van der Waals surface area (Å²) in [6, 6.07) is 9.73. The van der Waals surface area contributed by atoms with Crippen LogP contribution in [0.3, 0.4) is 0 Å². The molecule has 0 saturated carbocycles. The average molecular weight is 255 g/mol. The van der Waals surface area contributed by atoms with E-state index in [-0.39, 0.29) is 5.41 Å². The molecular weight excluding hydrogens is 238 g/mol. The molecule has 3 heteroatoms. The second-order valence-corrected chi connectivity index (χ2v) is 5.54. The minimum atomic E-state index is -0.946. The average Bonchev–Trinajstić information content (AvgIpc) is 2.34. The lowest BCUT2D eigenvalue weighted by atomic mass is 9.90. The zero-order chi connectivity index (χ0) is 14.0. The first kappa shape index (κ1) is 13.3. The number of hydrogen-bond acceptors (Lipinski definition) is 2. The molecule has 98 valence electrons. The van der Waals surface area contributed by atoms with Crippen LogP contribution in [0.25, 0.3) is 17.0 Å². The monoisotopic (exact) mass is 255 g/mol. The Labute approximate surface area is 112 Å². The Morgan fingerprint density at radius 1 is 1.26 bits per heavy atom. The third-order valence-corrected chi connectivity index (χ3v) is 2.92. The Hall–Kier alpha value is -2.16. The maximum absolute atomic E-state index is 10.7. The first-order valence-electron chi connectivity index (χ1n) is 6.19. The Balaban J connectivity index is 2.68. The van der Waals surface area contributed by atoms with E-state index in [2.05, 4.69) is 25.8 Å². The van der Waals surface area contributed by atoms with Crippen molar-refractivity contribution in [2.75, 3.05) is 0 Å². The van der Waals surface area contributed by atoms with Gasteiger partial charge in [0, 0.05) is 22.6 Å². The molecule has 0 unspecified atom stereocenters. The number of carbonyl (C=O) groups is 1. The Bertz CT molecular complexity index is 651. The van der Waals surface area contributed by atoms with E-state index in [1.54, 1.807) is 6.08 Å². The van der Waals surface area contributed by atoms with Gasteiger partial charge < -0.3 is 5.11 Å². The largest absolute Gasteiger partial charge is 0.478 e. The number of pyridine rings is 1. The summed E-state index contributed by atoms with van der Waals surface area (Å²) in [5, 5.41) is 9.74. The van der Waals surface area contributed by atoms with Gasteiger partial charge in [-0.15, -0.1) is 0 Å². The highest BCUT2D eigenvalue weighted by Crippen LogP contribution is 2.26. The lowest BCUT2D eigenvalue weighted by Gasteiger charge is -2.19. The molecule has 1 aromatic carbocycles. The molecule has 2 rings (SSSR count). The van der Waals surface area contributed by atoms with E-state index in [0.717, 1.165) is 28.2 Å². The van der Waals surface area contributed by atoms with Crippen molar-refractivity contribution in [2.45, 2.75) is 26.2 Å². The number of benzene rings is 1. The van der Waals surface area contributed by atoms with Gasteiger partial charge in [-0.25, -0.2) is 4.79 Å². The van der Waals surface area contributed by atoms with Crippen molar-refractivity contribution in [3.63, 3.8) is 0 Å². The van der Waals surface area contributed by atoms with Crippen LogP contribution in [-0.4, -0.2) is 16.1 Å². The highest BCUT2D eigenvalue weighted by Gasteiger charge is 2.17. The Morgan fingerprint density at radius 2 is 1.95 bits per heavy atom. The smallest absolute Gasteiger partial charge is 0.328 e. The molecule has 0 fully saturated rings. The summed E-state index contributed by atoms with van der Waals surface area (Å²) >= 11 is 0. The third-order valence-electron chi connectivity index (χ3n) is 2.92. The number of aliphatic carboxylic acids is 1. The van der Waals surface area contributed by atoms with Gasteiger partial charge in [-0.05, 0) is 23.8 Å². The molecule has 0 amide bonds. The molecule has 19 heavy (non-hydrogen) atoms. The van der Waals surface area contributed by atoms with Gasteiger partial charge in [0.1, 0.15) is 0 Å². The number of aromatic nitrogens is 1. The highest BCUT2D eigenvalue weighted by atomic mass is 16.4. The van der Waals surface area contributed by atoms with E-state index >= 15 is 0 Å². The molecule has 0 atom stereocenters. The van der Waals surface area contributed by atoms with Gasteiger partial charge in [0.05, 0.1) is 5.52 Å². The molecule has 0 saturated heterocycles. The second kappa shape index (κ2) is 4.84. The van der Waals surface area contributed by atoms with Gasteiger partial charge in [-0.2, -0.15) is 0 Å². The third kappa shape index (κ3) is 2.99. The van der Waals surface area contributed by atoms with Crippen LogP contribution in [0.1, 0.15) is 32.0 Å². The number of carboxylic acid groups (broad SMARTS) is 1. The first-order valence-corrected chi connectivity index (χ1v) is 6.19. The number of carboxylic acids is 1. The maximum Gasteiger partial charge on any atom is 0.328 e. The van der Waals surface area contributed by atoms with Gasteiger partial charge in [-0.3, -0.25) is 4.98 Å². The van der Waals surface area contributed by atoms with Crippen molar-refractivity contribution in [2.24, 2.45) is 0 Å². The van der Waals surface area contributed by atoms with Gasteiger partial charge >= 0.3 is 5.97 Å². The Morgan fingerprint density at radius 3 is 2.58 bits per heavy atom. The van der Waals surface area contributed by atoms with Crippen molar-refractivity contribution < 1.29 is 9.90 Å². The number of para-hydroxylation sites is 1. The van der Waals surface area contributed by atoms with Crippen LogP contribution in [0, 0.1) is 0 Å². The maximum atomic E-state index is 10.7. The summed E-state index contributed by atoms with van der Waals surface area (Å²) < 4.78 is 0. The summed E-state index contributed by atoms with van der Waals surface area (Å²) in [5.74, 6) is -0.946. The van der Waals surface area contributed by atoms with Gasteiger partial charge in [-0.1, -0.05) is 39.0 Å². The summed E-state index contributed by atoms with van der Waals surface area (Å²) in [6.07, 6.45) is 2.79. The van der Waals surface area contributed by atoms with E-state index in [1.807, 2.05) is 30.3 Å². The van der Waals surface area contributed by atoms with E-state index in [0.29, 0.717) is 0 Å². The first-order chi connectivity index (χ1) is 8.88. The lowest BCUT2D eigenvalue weighted by Crippen LogP contribution is -2.13. The number of fused-ring (bicyclic) bond motifs is 1. The summed E-state index contributed by atoms with van der Waals surface area (Å²) in [7, 11) is 0. The molecule has 1 heterocycles. The van der Waals surface area contributed by atoms with Crippen LogP contribution in [-0.2, 0) is 10.2 Å². The van der Waals surface area contributed by atoms with E-state index in [4.69, 9.17) is 5.11 Å². The van der Waals surface area contributed by atoms with E-state index in [1.165, 1.54) is 0 Å². The van der Waals surface area contributed by atoms with Crippen molar-refractivity contribution in [1.29, 1.82) is 0 Å². The minimum Gasteiger partial charge on any atom is -0.478 e. The molecule has 0 aliphatic carbocycles. The van der Waals surface area contributed by atoms with Gasteiger partial charge in [0.15, 0.2) is 0 Å². The molecule has 3 nitrogen and oxygen atoms in total. The standard InChI is InChI=1S/C16H17NO2/c1-16(2,3)14-10-11(8-9-15(18)19)12-6-4-5-7-13(12)17-14/h4-10H,1-3H3,(H,18,19)/b9-8+. The van der Waals surface area contributed by atoms with Crippen LogP contribution in [0.4, 0.5) is 0 Å².